The predicted molar refractivity (Wildman–Crippen MR) is 76.8 cm³/mol. The van der Waals surface area contributed by atoms with Crippen molar-refractivity contribution in [3.8, 4) is 6.07 Å². The molecule has 0 radical (unpaired) electrons. The van der Waals surface area contributed by atoms with E-state index in [1.54, 1.807) is 47.0 Å². The number of fused-ring (bicyclic) bond motifs is 1. The molecule has 2 heterocycles. The van der Waals surface area contributed by atoms with Crippen molar-refractivity contribution in [1.82, 2.24) is 14.6 Å². The first-order chi connectivity index (χ1) is 10.2. The minimum atomic E-state index is -0.233. The number of nitrogens with zero attached hydrogens (tertiary/aromatic N) is 4. The number of nitriles is 1. The van der Waals surface area contributed by atoms with Gasteiger partial charge in [-0.2, -0.15) is 5.26 Å². The van der Waals surface area contributed by atoms with Crippen molar-refractivity contribution in [2.75, 3.05) is 5.32 Å². The van der Waals surface area contributed by atoms with Gasteiger partial charge in [-0.25, -0.2) is 0 Å². The van der Waals surface area contributed by atoms with Gasteiger partial charge in [0.05, 0.1) is 11.6 Å². The summed E-state index contributed by atoms with van der Waals surface area (Å²) in [7, 11) is 0. The summed E-state index contributed by atoms with van der Waals surface area (Å²) in [4.78, 5) is 12.2. The van der Waals surface area contributed by atoms with Gasteiger partial charge in [0.15, 0.2) is 5.65 Å². The highest BCUT2D eigenvalue weighted by Crippen LogP contribution is 2.12. The van der Waals surface area contributed by atoms with Gasteiger partial charge < -0.3 is 5.32 Å². The van der Waals surface area contributed by atoms with Crippen LogP contribution in [-0.2, 0) is 0 Å². The number of carbonyl (C=O) groups is 1. The fourth-order valence-corrected chi connectivity index (χ4v) is 1.98. The Labute approximate surface area is 120 Å². The number of carbonyl (C=O) groups excluding carboxylic acids is 1. The fourth-order valence-electron chi connectivity index (χ4n) is 1.98. The number of aryl methyl sites for hydroxylation is 1. The summed E-state index contributed by atoms with van der Waals surface area (Å²) in [5.41, 5.74) is 2.31. The van der Waals surface area contributed by atoms with Crippen LogP contribution in [0.25, 0.3) is 5.65 Å². The quantitative estimate of drug-likeness (QED) is 0.778. The lowest BCUT2D eigenvalue weighted by atomic mass is 10.2. The molecule has 0 spiro atoms. The van der Waals surface area contributed by atoms with E-state index >= 15 is 0 Å². The number of benzene rings is 1. The second-order valence-electron chi connectivity index (χ2n) is 4.53. The van der Waals surface area contributed by atoms with E-state index in [9.17, 15) is 4.79 Å². The number of rotatable bonds is 2. The lowest BCUT2D eigenvalue weighted by Crippen LogP contribution is -2.12. The van der Waals surface area contributed by atoms with Gasteiger partial charge in [0.25, 0.3) is 5.91 Å². The molecule has 0 bridgehead atoms. The van der Waals surface area contributed by atoms with Crippen molar-refractivity contribution >= 4 is 17.2 Å². The summed E-state index contributed by atoms with van der Waals surface area (Å²) >= 11 is 0. The number of hydrogen-bond acceptors (Lipinski definition) is 4. The molecule has 0 aliphatic rings. The van der Waals surface area contributed by atoms with E-state index in [1.807, 2.05) is 13.0 Å². The van der Waals surface area contributed by atoms with E-state index in [0.29, 0.717) is 22.5 Å². The van der Waals surface area contributed by atoms with Crippen LogP contribution in [-0.4, -0.2) is 20.5 Å². The summed E-state index contributed by atoms with van der Waals surface area (Å²) in [6, 6.07) is 12.1. The molecule has 1 aromatic carbocycles. The first-order valence-corrected chi connectivity index (χ1v) is 6.30. The summed E-state index contributed by atoms with van der Waals surface area (Å²) < 4.78 is 1.80. The van der Waals surface area contributed by atoms with Crippen molar-refractivity contribution < 1.29 is 4.79 Å². The summed E-state index contributed by atoms with van der Waals surface area (Å²) in [6.45, 7) is 1.84. The Morgan fingerprint density at radius 3 is 2.71 bits per heavy atom. The molecule has 0 saturated heterocycles. The van der Waals surface area contributed by atoms with Crippen LogP contribution >= 0.6 is 0 Å². The van der Waals surface area contributed by atoms with E-state index in [0.717, 1.165) is 5.82 Å². The molecule has 0 fully saturated rings. The Morgan fingerprint density at radius 2 is 2.00 bits per heavy atom. The number of aromatic nitrogens is 3. The van der Waals surface area contributed by atoms with Gasteiger partial charge in [-0.15, -0.1) is 10.2 Å². The minimum Gasteiger partial charge on any atom is -0.322 e. The zero-order chi connectivity index (χ0) is 14.8. The lowest BCUT2D eigenvalue weighted by molar-refractivity contribution is 0.102. The third-order valence-corrected chi connectivity index (χ3v) is 3.11. The Kier molecular flexibility index (Phi) is 3.09. The first kappa shape index (κ1) is 12.8. The smallest absolute Gasteiger partial charge is 0.255 e. The van der Waals surface area contributed by atoms with Crippen LogP contribution in [0, 0.1) is 18.3 Å². The SMILES string of the molecule is Cc1nnc2cc(C(=O)Nc3ccc(C#N)cc3)ccn12. The van der Waals surface area contributed by atoms with Gasteiger partial charge in [-0.05, 0) is 43.3 Å². The van der Waals surface area contributed by atoms with Crippen molar-refractivity contribution in [2.45, 2.75) is 6.92 Å². The standard InChI is InChI=1S/C15H11N5O/c1-10-18-19-14-8-12(6-7-20(10)14)15(21)17-13-4-2-11(9-16)3-5-13/h2-8H,1H3,(H,17,21). The molecule has 0 saturated carbocycles. The van der Waals surface area contributed by atoms with Gasteiger partial charge in [0.1, 0.15) is 5.82 Å². The third kappa shape index (κ3) is 2.44. The maximum Gasteiger partial charge on any atom is 0.255 e. The Morgan fingerprint density at radius 1 is 1.24 bits per heavy atom. The van der Waals surface area contributed by atoms with Gasteiger partial charge in [-0.3, -0.25) is 9.20 Å². The van der Waals surface area contributed by atoms with Crippen LogP contribution in [0.15, 0.2) is 42.6 Å². The molecule has 3 aromatic rings. The molecule has 2 aromatic heterocycles. The number of pyridine rings is 1. The molecule has 0 aliphatic heterocycles. The maximum absolute atomic E-state index is 12.2. The van der Waals surface area contributed by atoms with Crippen LogP contribution in [0.5, 0.6) is 0 Å². The lowest BCUT2D eigenvalue weighted by Gasteiger charge is -2.05. The molecule has 21 heavy (non-hydrogen) atoms. The van der Waals surface area contributed by atoms with E-state index in [2.05, 4.69) is 15.5 Å². The van der Waals surface area contributed by atoms with E-state index in [-0.39, 0.29) is 5.91 Å². The van der Waals surface area contributed by atoms with Gasteiger partial charge in [-0.1, -0.05) is 0 Å². The van der Waals surface area contributed by atoms with E-state index < -0.39 is 0 Å². The molecular formula is C15H11N5O. The molecule has 0 unspecified atom stereocenters. The molecule has 102 valence electrons. The fraction of sp³-hybridized carbons (Fsp3) is 0.0667. The van der Waals surface area contributed by atoms with Crippen LogP contribution in [0.4, 0.5) is 5.69 Å². The average Bonchev–Trinajstić information content (AvgIpc) is 2.89. The third-order valence-electron chi connectivity index (χ3n) is 3.11. The summed E-state index contributed by atoms with van der Waals surface area (Å²) in [5.74, 6) is 0.534. The van der Waals surface area contributed by atoms with Crippen molar-refractivity contribution in [3.63, 3.8) is 0 Å². The Bertz CT molecular complexity index is 858. The number of hydrogen-bond donors (Lipinski definition) is 1. The van der Waals surface area contributed by atoms with E-state index in [4.69, 9.17) is 5.26 Å². The highest BCUT2D eigenvalue weighted by atomic mass is 16.1. The van der Waals surface area contributed by atoms with Crippen molar-refractivity contribution in [3.05, 3.63) is 59.5 Å². The monoisotopic (exact) mass is 277 g/mol. The van der Waals surface area contributed by atoms with E-state index in [1.165, 1.54) is 0 Å². The minimum absolute atomic E-state index is 0.233. The highest BCUT2D eigenvalue weighted by molar-refractivity contribution is 6.04. The predicted octanol–water partition coefficient (Wildman–Crippen LogP) is 2.16. The van der Waals surface area contributed by atoms with Crippen LogP contribution < -0.4 is 5.32 Å². The maximum atomic E-state index is 12.2. The Balaban J connectivity index is 1.84. The van der Waals surface area contributed by atoms with Gasteiger partial charge in [0, 0.05) is 17.4 Å². The van der Waals surface area contributed by atoms with Crippen molar-refractivity contribution in [2.24, 2.45) is 0 Å². The van der Waals surface area contributed by atoms with Crippen LogP contribution in [0.1, 0.15) is 21.7 Å². The van der Waals surface area contributed by atoms with Gasteiger partial charge in [0.2, 0.25) is 0 Å². The zero-order valence-electron chi connectivity index (χ0n) is 11.2. The molecule has 6 heteroatoms. The topological polar surface area (TPSA) is 83.1 Å². The second-order valence-corrected chi connectivity index (χ2v) is 4.53. The summed E-state index contributed by atoms with van der Waals surface area (Å²) in [6.07, 6.45) is 1.76. The normalized spacial score (nSPS) is 10.3. The molecule has 3 rings (SSSR count). The number of amides is 1. The highest BCUT2D eigenvalue weighted by Gasteiger charge is 2.09. The molecular weight excluding hydrogens is 266 g/mol. The molecule has 6 nitrogen and oxygen atoms in total. The first-order valence-electron chi connectivity index (χ1n) is 6.30. The molecule has 1 amide bonds. The Hall–Kier alpha value is -3.20. The average molecular weight is 277 g/mol. The van der Waals surface area contributed by atoms with Gasteiger partial charge >= 0.3 is 0 Å². The molecule has 1 N–H and O–H groups in total. The summed E-state index contributed by atoms with van der Waals surface area (Å²) in [5, 5.41) is 19.5. The van der Waals surface area contributed by atoms with Crippen molar-refractivity contribution in [1.29, 1.82) is 5.26 Å². The number of anilines is 1. The van der Waals surface area contributed by atoms with Crippen LogP contribution in [0.3, 0.4) is 0 Å². The largest absolute Gasteiger partial charge is 0.322 e. The zero-order valence-corrected chi connectivity index (χ0v) is 11.2. The van der Waals surface area contributed by atoms with Crippen LogP contribution in [0.2, 0.25) is 0 Å². The molecule has 0 aliphatic carbocycles. The molecule has 0 atom stereocenters. The second kappa shape index (κ2) is 5.06. The number of nitrogens with one attached hydrogen (secondary N) is 1.